The average molecular weight is 385 g/mol. The molecule has 0 bridgehead atoms. The van der Waals surface area contributed by atoms with Crippen LogP contribution in [0.2, 0.25) is 0 Å². The molecule has 0 fully saturated rings. The van der Waals surface area contributed by atoms with E-state index < -0.39 is 0 Å². The van der Waals surface area contributed by atoms with E-state index in [1.807, 2.05) is 66.7 Å². The van der Waals surface area contributed by atoms with Gasteiger partial charge in [-0.2, -0.15) is 5.10 Å². The summed E-state index contributed by atoms with van der Waals surface area (Å²) in [6.07, 6.45) is 0.818. The fraction of sp³-hybridized carbons (Fsp3) is 0.125. The van der Waals surface area contributed by atoms with Crippen molar-refractivity contribution in [2.24, 2.45) is 0 Å². The highest BCUT2D eigenvalue weighted by molar-refractivity contribution is 5.68. The van der Waals surface area contributed by atoms with Crippen LogP contribution >= 0.6 is 0 Å². The first-order valence-electron chi connectivity index (χ1n) is 9.63. The van der Waals surface area contributed by atoms with Crippen molar-refractivity contribution >= 4 is 11.5 Å². The minimum Gasteiger partial charge on any atom is -0.508 e. The van der Waals surface area contributed by atoms with E-state index in [1.54, 1.807) is 12.1 Å². The van der Waals surface area contributed by atoms with Crippen LogP contribution in [0, 0.1) is 0 Å². The van der Waals surface area contributed by atoms with Gasteiger partial charge in [0.05, 0.1) is 5.69 Å². The zero-order valence-electron chi connectivity index (χ0n) is 16.2. The minimum absolute atomic E-state index is 0.268. The highest BCUT2D eigenvalue weighted by Crippen LogP contribution is 2.27. The van der Waals surface area contributed by atoms with E-state index in [9.17, 15) is 5.11 Å². The molecular formula is C24H23N3O2. The fourth-order valence-corrected chi connectivity index (χ4v) is 3.14. The van der Waals surface area contributed by atoms with E-state index in [0.29, 0.717) is 6.61 Å². The predicted molar refractivity (Wildman–Crippen MR) is 116 cm³/mol. The van der Waals surface area contributed by atoms with Gasteiger partial charge in [0, 0.05) is 11.8 Å². The van der Waals surface area contributed by atoms with Crippen LogP contribution in [0.1, 0.15) is 18.1 Å². The van der Waals surface area contributed by atoms with E-state index in [0.717, 1.165) is 46.1 Å². The molecule has 3 aromatic carbocycles. The van der Waals surface area contributed by atoms with Gasteiger partial charge in [-0.05, 0) is 65.6 Å². The maximum Gasteiger partial charge on any atom is 0.152 e. The maximum absolute atomic E-state index is 9.65. The Hall–Kier alpha value is -3.73. The van der Waals surface area contributed by atoms with Gasteiger partial charge in [0.15, 0.2) is 5.82 Å². The number of aryl methyl sites for hydroxylation is 1. The lowest BCUT2D eigenvalue weighted by Gasteiger charge is -2.09. The maximum atomic E-state index is 9.65. The summed E-state index contributed by atoms with van der Waals surface area (Å²) >= 11 is 0. The quantitative estimate of drug-likeness (QED) is 0.359. The standard InChI is InChI=1S/C24H23N3O2/c1-2-18-14-20(28)10-13-22(18)25-24-15-23(26-27-24)19-8-11-21(12-9-19)29-16-17-6-4-3-5-7-17/h3-15,28H,2,16H2,1H3,(H2,25,26,27). The lowest BCUT2D eigenvalue weighted by molar-refractivity contribution is 0.306. The summed E-state index contributed by atoms with van der Waals surface area (Å²) in [4.78, 5) is 0. The summed E-state index contributed by atoms with van der Waals surface area (Å²) < 4.78 is 5.84. The first-order valence-corrected chi connectivity index (χ1v) is 9.63. The zero-order chi connectivity index (χ0) is 20.1. The van der Waals surface area contributed by atoms with E-state index in [2.05, 4.69) is 22.4 Å². The number of anilines is 2. The second-order valence-electron chi connectivity index (χ2n) is 6.79. The smallest absolute Gasteiger partial charge is 0.152 e. The number of aromatic amines is 1. The van der Waals surface area contributed by atoms with Gasteiger partial charge in [0.2, 0.25) is 0 Å². The Balaban J connectivity index is 1.43. The Morgan fingerprint density at radius 3 is 2.52 bits per heavy atom. The number of ether oxygens (including phenoxy) is 1. The van der Waals surface area contributed by atoms with Crippen molar-refractivity contribution in [3.8, 4) is 22.8 Å². The number of hydrogen-bond donors (Lipinski definition) is 3. The number of benzene rings is 3. The third-order valence-electron chi connectivity index (χ3n) is 4.72. The largest absolute Gasteiger partial charge is 0.508 e. The fourth-order valence-electron chi connectivity index (χ4n) is 3.14. The summed E-state index contributed by atoms with van der Waals surface area (Å²) in [7, 11) is 0. The highest BCUT2D eigenvalue weighted by Gasteiger charge is 2.07. The van der Waals surface area contributed by atoms with Gasteiger partial charge in [0.1, 0.15) is 18.1 Å². The number of aromatic nitrogens is 2. The first kappa shape index (κ1) is 18.6. The molecule has 0 saturated carbocycles. The Morgan fingerprint density at radius 1 is 0.966 bits per heavy atom. The number of nitrogens with one attached hydrogen (secondary N) is 2. The lowest BCUT2D eigenvalue weighted by Crippen LogP contribution is -1.95. The third-order valence-corrected chi connectivity index (χ3v) is 4.72. The molecule has 3 N–H and O–H groups in total. The van der Waals surface area contributed by atoms with Gasteiger partial charge in [-0.25, -0.2) is 0 Å². The summed E-state index contributed by atoms with van der Waals surface area (Å²) in [5, 5.41) is 20.4. The zero-order valence-corrected chi connectivity index (χ0v) is 16.2. The number of phenols is 1. The van der Waals surface area contributed by atoms with Crippen molar-refractivity contribution in [2.45, 2.75) is 20.0 Å². The molecule has 0 saturated heterocycles. The van der Waals surface area contributed by atoms with Crippen LogP contribution in [0.3, 0.4) is 0 Å². The molecule has 1 aromatic heterocycles. The molecule has 29 heavy (non-hydrogen) atoms. The Kier molecular flexibility index (Phi) is 5.47. The normalized spacial score (nSPS) is 10.7. The van der Waals surface area contributed by atoms with Gasteiger partial charge in [0.25, 0.3) is 0 Å². The topological polar surface area (TPSA) is 70.2 Å². The molecule has 0 spiro atoms. The molecule has 146 valence electrons. The molecular weight excluding hydrogens is 362 g/mol. The van der Waals surface area contributed by atoms with Crippen LogP contribution in [0.5, 0.6) is 11.5 Å². The summed E-state index contributed by atoms with van der Waals surface area (Å²) in [6.45, 7) is 2.60. The lowest BCUT2D eigenvalue weighted by atomic mass is 10.1. The summed E-state index contributed by atoms with van der Waals surface area (Å²) in [6, 6.07) is 25.3. The molecule has 0 aliphatic carbocycles. The molecule has 0 aliphatic rings. The molecule has 0 amide bonds. The SMILES string of the molecule is CCc1cc(O)ccc1Nc1cc(-c2ccc(OCc3ccccc3)cc2)[nH]n1. The van der Waals surface area contributed by atoms with Crippen molar-refractivity contribution in [3.63, 3.8) is 0 Å². The Morgan fingerprint density at radius 2 is 1.76 bits per heavy atom. The summed E-state index contributed by atoms with van der Waals surface area (Å²) in [5.74, 6) is 1.82. The van der Waals surface area contributed by atoms with Gasteiger partial charge in [-0.15, -0.1) is 0 Å². The molecule has 0 unspecified atom stereocenters. The van der Waals surface area contributed by atoms with Crippen molar-refractivity contribution in [3.05, 3.63) is 90.0 Å². The predicted octanol–water partition coefficient (Wildman–Crippen LogP) is 5.67. The summed E-state index contributed by atoms with van der Waals surface area (Å²) in [5.41, 5.74) is 5.06. The first-order chi connectivity index (χ1) is 14.2. The number of phenolic OH excluding ortho intramolecular Hbond substituents is 1. The minimum atomic E-state index is 0.268. The van der Waals surface area contributed by atoms with E-state index in [-0.39, 0.29) is 5.75 Å². The van der Waals surface area contributed by atoms with Crippen LogP contribution in [-0.4, -0.2) is 15.3 Å². The molecule has 1 heterocycles. The van der Waals surface area contributed by atoms with Crippen LogP contribution in [0.15, 0.2) is 78.9 Å². The van der Waals surface area contributed by atoms with Gasteiger partial charge >= 0.3 is 0 Å². The molecule has 0 atom stereocenters. The number of nitrogens with zero attached hydrogens (tertiary/aromatic N) is 1. The van der Waals surface area contributed by atoms with Crippen LogP contribution in [-0.2, 0) is 13.0 Å². The second kappa shape index (κ2) is 8.52. The van der Waals surface area contributed by atoms with E-state index >= 15 is 0 Å². The van der Waals surface area contributed by atoms with Gasteiger partial charge < -0.3 is 15.2 Å². The number of H-pyrrole nitrogens is 1. The van der Waals surface area contributed by atoms with E-state index in [1.165, 1.54) is 0 Å². The monoisotopic (exact) mass is 385 g/mol. The molecule has 5 nitrogen and oxygen atoms in total. The van der Waals surface area contributed by atoms with Crippen LogP contribution in [0.25, 0.3) is 11.3 Å². The van der Waals surface area contributed by atoms with Crippen molar-refractivity contribution < 1.29 is 9.84 Å². The average Bonchev–Trinajstić information content (AvgIpc) is 3.23. The van der Waals surface area contributed by atoms with Gasteiger partial charge in [-0.3, -0.25) is 5.10 Å². The molecule has 0 radical (unpaired) electrons. The molecule has 4 rings (SSSR count). The molecule has 4 aromatic rings. The van der Waals surface area contributed by atoms with E-state index in [4.69, 9.17) is 4.74 Å². The number of hydrogen-bond acceptors (Lipinski definition) is 4. The number of rotatable bonds is 7. The van der Waals surface area contributed by atoms with Crippen molar-refractivity contribution in [2.75, 3.05) is 5.32 Å². The van der Waals surface area contributed by atoms with Crippen LogP contribution in [0.4, 0.5) is 11.5 Å². The Bertz CT molecular complexity index is 1070. The highest BCUT2D eigenvalue weighted by atomic mass is 16.5. The second-order valence-corrected chi connectivity index (χ2v) is 6.79. The van der Waals surface area contributed by atoms with Gasteiger partial charge in [-0.1, -0.05) is 37.3 Å². The van der Waals surface area contributed by atoms with Crippen molar-refractivity contribution in [1.82, 2.24) is 10.2 Å². The molecule has 0 aliphatic heterocycles. The van der Waals surface area contributed by atoms with Crippen LogP contribution < -0.4 is 10.1 Å². The Labute approximate surface area is 170 Å². The number of aromatic hydroxyl groups is 1. The third kappa shape index (κ3) is 4.58. The van der Waals surface area contributed by atoms with Crippen molar-refractivity contribution in [1.29, 1.82) is 0 Å². The molecule has 5 heteroatoms.